The van der Waals surface area contributed by atoms with E-state index in [0.29, 0.717) is 0 Å². The highest BCUT2D eigenvalue weighted by molar-refractivity contribution is 7.51. The first-order chi connectivity index (χ1) is 9.26. The van der Waals surface area contributed by atoms with Crippen molar-refractivity contribution >= 4 is 7.75 Å². The third-order valence-corrected chi connectivity index (χ3v) is 5.96. The van der Waals surface area contributed by atoms with Gasteiger partial charge < -0.3 is 0 Å². The van der Waals surface area contributed by atoms with Crippen LogP contribution in [-0.4, -0.2) is 54.1 Å². The summed E-state index contributed by atoms with van der Waals surface area (Å²) in [7, 11) is -3.18. The van der Waals surface area contributed by atoms with Gasteiger partial charge in [-0.3, -0.25) is 0 Å². The van der Waals surface area contributed by atoms with Crippen molar-refractivity contribution in [3.05, 3.63) is 0 Å². The van der Waals surface area contributed by atoms with Gasteiger partial charge in [-0.1, -0.05) is 0 Å². The molecule has 0 aromatic rings. The first-order valence-electron chi connectivity index (χ1n) is 7.51. The number of hydrogen-bond donors (Lipinski definition) is 0. The minimum atomic E-state index is -3.18. The smallest absolute Gasteiger partial charge is 0.238 e. The molecule has 0 aromatic heterocycles. The molecule has 3 rings (SSSR count). The van der Waals surface area contributed by atoms with Crippen LogP contribution in [-0.2, 0) is 13.8 Å². The van der Waals surface area contributed by atoms with Gasteiger partial charge in [-0.25, -0.2) is 18.5 Å². The Balaban J connectivity index is 1.67. The summed E-state index contributed by atoms with van der Waals surface area (Å²) in [5, 5.41) is 3.66. The normalized spacial score (nSPS) is 27.6. The van der Waals surface area contributed by atoms with Crippen molar-refractivity contribution in [1.29, 1.82) is 0 Å². The Labute approximate surface area is 115 Å². The van der Waals surface area contributed by atoms with E-state index in [1.165, 1.54) is 0 Å². The monoisotopic (exact) mass is 289 g/mol. The van der Waals surface area contributed by atoms with E-state index >= 15 is 0 Å². The highest BCUT2D eigenvalue weighted by atomic mass is 31.2. The van der Waals surface area contributed by atoms with Gasteiger partial charge in [0.15, 0.2) is 0 Å². The second kappa shape index (κ2) is 6.20. The van der Waals surface area contributed by atoms with Gasteiger partial charge in [0.25, 0.3) is 0 Å². The highest BCUT2D eigenvalue weighted by Crippen LogP contribution is 2.55. The lowest BCUT2D eigenvalue weighted by Crippen LogP contribution is -2.30. The van der Waals surface area contributed by atoms with Gasteiger partial charge in [0.05, 0.1) is 0 Å². The zero-order chi connectivity index (χ0) is 13.1. The fourth-order valence-electron chi connectivity index (χ4n) is 2.89. The molecule has 0 spiro atoms. The number of hydroxylamine groups is 4. The second-order valence-electron chi connectivity index (χ2n) is 5.56. The zero-order valence-electron chi connectivity index (χ0n) is 11.5. The van der Waals surface area contributed by atoms with Crippen LogP contribution in [0.25, 0.3) is 0 Å². The largest absolute Gasteiger partial charge is 0.441 e. The summed E-state index contributed by atoms with van der Waals surface area (Å²) in [5.41, 5.74) is 0. The first-order valence-corrected chi connectivity index (χ1v) is 9.01. The summed E-state index contributed by atoms with van der Waals surface area (Å²) in [5.74, 6) is 0. The molecule has 0 aromatic carbocycles. The molecular formula is C12H24N3O3P. The Kier molecular flexibility index (Phi) is 4.57. The summed E-state index contributed by atoms with van der Waals surface area (Å²) in [4.78, 5) is 0. The molecule has 0 N–H and O–H groups in total. The van der Waals surface area contributed by atoms with Crippen molar-refractivity contribution in [3.63, 3.8) is 0 Å². The van der Waals surface area contributed by atoms with Gasteiger partial charge in [-0.15, -0.1) is 0 Å². The Morgan fingerprint density at radius 2 is 1.00 bits per heavy atom. The van der Waals surface area contributed by atoms with Crippen LogP contribution in [0.1, 0.15) is 38.5 Å². The molecule has 3 aliphatic rings. The van der Waals surface area contributed by atoms with Crippen molar-refractivity contribution in [2.24, 2.45) is 0 Å². The minimum Gasteiger partial charge on any atom is -0.238 e. The topological polar surface area (TPSA) is 45.2 Å². The van der Waals surface area contributed by atoms with E-state index in [1.807, 2.05) is 14.8 Å². The molecule has 0 amide bonds. The summed E-state index contributed by atoms with van der Waals surface area (Å²) < 4.78 is 26.6. The molecule has 0 bridgehead atoms. The van der Waals surface area contributed by atoms with E-state index in [1.54, 1.807) is 0 Å². The highest BCUT2D eigenvalue weighted by Gasteiger charge is 2.41. The summed E-state index contributed by atoms with van der Waals surface area (Å²) in [6.45, 7) is 5.09. The predicted molar refractivity (Wildman–Crippen MR) is 72.2 cm³/mol. The van der Waals surface area contributed by atoms with Crippen LogP contribution in [0.15, 0.2) is 0 Å². The molecule has 110 valence electrons. The van der Waals surface area contributed by atoms with Gasteiger partial charge in [-0.2, -0.15) is 10.1 Å². The maximum Gasteiger partial charge on any atom is 0.441 e. The Morgan fingerprint density at radius 1 is 0.632 bits per heavy atom. The third-order valence-electron chi connectivity index (χ3n) is 4.00. The number of hydrogen-bond acceptors (Lipinski definition) is 5. The fourth-order valence-corrected chi connectivity index (χ4v) is 4.81. The average Bonchev–Trinajstić information content (AvgIpc) is 3.12. The Bertz CT molecular complexity index is 315. The maximum atomic E-state index is 13.1. The van der Waals surface area contributed by atoms with E-state index in [9.17, 15) is 4.57 Å². The van der Waals surface area contributed by atoms with Crippen molar-refractivity contribution < 1.29 is 13.8 Å². The third kappa shape index (κ3) is 3.38. The molecule has 19 heavy (non-hydrogen) atoms. The molecule has 3 heterocycles. The molecule has 0 aliphatic carbocycles. The number of rotatable bonds is 5. The van der Waals surface area contributed by atoms with Gasteiger partial charge in [0.2, 0.25) is 0 Å². The second-order valence-corrected chi connectivity index (χ2v) is 7.39. The fraction of sp³-hybridized carbons (Fsp3) is 1.00. The molecule has 3 aliphatic heterocycles. The van der Waals surface area contributed by atoms with Crippen molar-refractivity contribution in [2.75, 3.05) is 39.3 Å². The standard InChI is InChI=1S/C12H24N3O3P/c16-19(15-11-5-6-12-15,17-13-7-1-2-8-13)18-14-9-3-4-10-14/h1-12H2. The molecule has 3 fully saturated rings. The first kappa shape index (κ1) is 14.0. The maximum absolute atomic E-state index is 13.1. The lowest BCUT2D eigenvalue weighted by atomic mass is 10.4. The minimum absolute atomic E-state index is 0.818. The van der Waals surface area contributed by atoms with Crippen LogP contribution in [0.3, 0.4) is 0 Å². The van der Waals surface area contributed by atoms with Crippen LogP contribution >= 0.6 is 7.75 Å². The lowest BCUT2D eigenvalue weighted by molar-refractivity contribution is -0.116. The molecule has 6 nitrogen and oxygen atoms in total. The zero-order valence-corrected chi connectivity index (χ0v) is 12.4. The van der Waals surface area contributed by atoms with E-state index in [2.05, 4.69) is 0 Å². The van der Waals surface area contributed by atoms with Crippen LogP contribution in [0.2, 0.25) is 0 Å². The summed E-state index contributed by atoms with van der Waals surface area (Å²) in [6.07, 6.45) is 6.62. The summed E-state index contributed by atoms with van der Waals surface area (Å²) in [6, 6.07) is 0. The van der Waals surface area contributed by atoms with Gasteiger partial charge in [-0.05, 0) is 38.5 Å². The molecule has 0 radical (unpaired) electrons. The summed E-state index contributed by atoms with van der Waals surface area (Å²) >= 11 is 0. The van der Waals surface area contributed by atoms with Crippen molar-refractivity contribution in [1.82, 2.24) is 14.8 Å². The van der Waals surface area contributed by atoms with Crippen LogP contribution < -0.4 is 0 Å². The van der Waals surface area contributed by atoms with Gasteiger partial charge in [0, 0.05) is 39.3 Å². The van der Waals surface area contributed by atoms with Crippen molar-refractivity contribution in [2.45, 2.75) is 38.5 Å². The van der Waals surface area contributed by atoms with Crippen LogP contribution in [0.5, 0.6) is 0 Å². The molecule has 0 saturated carbocycles. The SMILES string of the molecule is O=P(ON1CCCC1)(ON1CCCC1)N1CCCC1. The lowest BCUT2D eigenvalue weighted by Gasteiger charge is -2.31. The molecule has 7 heteroatoms. The Morgan fingerprint density at radius 3 is 1.42 bits per heavy atom. The van der Waals surface area contributed by atoms with Gasteiger partial charge >= 0.3 is 7.75 Å². The van der Waals surface area contributed by atoms with Crippen LogP contribution in [0.4, 0.5) is 0 Å². The number of nitrogens with zero attached hydrogens (tertiary/aromatic N) is 3. The van der Waals surface area contributed by atoms with E-state index in [4.69, 9.17) is 9.25 Å². The van der Waals surface area contributed by atoms with E-state index < -0.39 is 7.75 Å². The molecule has 3 saturated heterocycles. The van der Waals surface area contributed by atoms with Crippen LogP contribution in [0, 0.1) is 0 Å². The molecule has 0 unspecified atom stereocenters. The molecular weight excluding hydrogens is 265 g/mol. The Hall–Kier alpha value is 0.0300. The van der Waals surface area contributed by atoms with E-state index in [0.717, 1.165) is 77.8 Å². The quantitative estimate of drug-likeness (QED) is 0.723. The van der Waals surface area contributed by atoms with Crippen molar-refractivity contribution in [3.8, 4) is 0 Å². The predicted octanol–water partition coefficient (Wildman–Crippen LogP) is 2.25. The molecule has 0 atom stereocenters. The van der Waals surface area contributed by atoms with E-state index in [-0.39, 0.29) is 0 Å². The van der Waals surface area contributed by atoms with Gasteiger partial charge in [0.1, 0.15) is 0 Å². The average molecular weight is 289 g/mol.